The molecule has 7 nitrogen and oxygen atoms in total. The summed E-state index contributed by atoms with van der Waals surface area (Å²) in [7, 11) is 0. The van der Waals surface area contributed by atoms with E-state index in [4.69, 9.17) is 5.73 Å². The zero-order valence-electron chi connectivity index (χ0n) is 15.5. The number of amides is 4. The lowest BCUT2D eigenvalue weighted by atomic mass is 9.90. The number of nitrogens with one attached hydrogen (secondary N) is 1. The molecule has 0 spiro atoms. The third-order valence-corrected chi connectivity index (χ3v) is 5.60. The van der Waals surface area contributed by atoms with Crippen LogP contribution in [0.1, 0.15) is 31.4 Å². The number of rotatable bonds is 4. The van der Waals surface area contributed by atoms with Crippen molar-refractivity contribution in [3.63, 3.8) is 0 Å². The average molecular weight is 358 g/mol. The first kappa shape index (κ1) is 18.4. The molecule has 140 valence electrons. The molecule has 2 aliphatic heterocycles. The highest BCUT2D eigenvalue weighted by atomic mass is 16.2. The van der Waals surface area contributed by atoms with Crippen molar-refractivity contribution in [1.82, 2.24) is 15.1 Å². The van der Waals surface area contributed by atoms with Gasteiger partial charge >= 0.3 is 6.03 Å². The van der Waals surface area contributed by atoms with Gasteiger partial charge in [-0.2, -0.15) is 0 Å². The highest BCUT2D eigenvalue weighted by Gasteiger charge is 2.50. The number of hydrogen-bond donors (Lipinski definition) is 2. The van der Waals surface area contributed by atoms with Crippen LogP contribution in [0.15, 0.2) is 24.3 Å². The molecule has 7 heteroatoms. The molecule has 2 unspecified atom stereocenters. The molecule has 2 fully saturated rings. The van der Waals surface area contributed by atoms with Gasteiger partial charge in [-0.3, -0.25) is 14.5 Å². The van der Waals surface area contributed by atoms with Crippen molar-refractivity contribution in [3.8, 4) is 0 Å². The molecule has 26 heavy (non-hydrogen) atoms. The molecular formula is C19H26N4O3. The van der Waals surface area contributed by atoms with E-state index in [0.29, 0.717) is 25.2 Å². The average Bonchev–Trinajstić information content (AvgIpc) is 3.10. The first-order chi connectivity index (χ1) is 12.2. The molecule has 0 aromatic heterocycles. The Balaban J connectivity index is 1.73. The summed E-state index contributed by atoms with van der Waals surface area (Å²) in [5, 5.41) is 2.74. The molecule has 3 rings (SSSR count). The van der Waals surface area contributed by atoms with E-state index in [2.05, 4.69) is 5.32 Å². The highest BCUT2D eigenvalue weighted by Crippen LogP contribution is 2.31. The summed E-state index contributed by atoms with van der Waals surface area (Å²) in [6.07, 6.45) is 0.830. The van der Waals surface area contributed by atoms with E-state index in [-0.39, 0.29) is 17.9 Å². The van der Waals surface area contributed by atoms with Gasteiger partial charge in [0.2, 0.25) is 5.91 Å². The van der Waals surface area contributed by atoms with Gasteiger partial charge in [-0.05, 0) is 37.8 Å². The topological polar surface area (TPSA) is 95.7 Å². The Morgan fingerprint density at radius 1 is 1.23 bits per heavy atom. The number of nitrogens with two attached hydrogens (primary N) is 1. The molecule has 3 N–H and O–H groups in total. The predicted molar refractivity (Wildman–Crippen MR) is 97.1 cm³/mol. The molecule has 0 saturated carbocycles. The second-order valence-corrected chi connectivity index (χ2v) is 7.89. The minimum absolute atomic E-state index is 0.0939. The summed E-state index contributed by atoms with van der Waals surface area (Å²) >= 11 is 0. The Morgan fingerprint density at radius 2 is 1.88 bits per heavy atom. The van der Waals surface area contributed by atoms with Crippen LogP contribution in [0, 0.1) is 12.3 Å². The van der Waals surface area contributed by atoms with Crippen LogP contribution >= 0.6 is 0 Å². The molecular weight excluding hydrogens is 332 g/mol. The van der Waals surface area contributed by atoms with Crippen LogP contribution in [0.2, 0.25) is 0 Å². The maximum absolute atomic E-state index is 12.9. The molecule has 2 heterocycles. The van der Waals surface area contributed by atoms with Crippen molar-refractivity contribution in [1.29, 1.82) is 0 Å². The van der Waals surface area contributed by atoms with Crippen LogP contribution in [0.5, 0.6) is 0 Å². The van der Waals surface area contributed by atoms with Gasteiger partial charge in [-0.1, -0.05) is 36.8 Å². The lowest BCUT2D eigenvalue weighted by molar-refractivity contribution is -0.138. The zero-order valence-corrected chi connectivity index (χ0v) is 15.5. The number of carbonyl (C=O) groups is 3. The standard InChI is InChI=1S/C19H26N4O3/c1-13-4-6-14(7-5-13)19(3)16(25)23(17(26)21-19)10-15(24)22-9-8-18(2,11-20)12-22/h4-7H,8-12,20H2,1-3H3,(H,21,26). The number of aryl methyl sites for hydroxylation is 1. The molecule has 2 saturated heterocycles. The molecule has 0 radical (unpaired) electrons. The van der Waals surface area contributed by atoms with Crippen molar-refractivity contribution in [2.24, 2.45) is 11.1 Å². The van der Waals surface area contributed by atoms with Gasteiger partial charge in [0.15, 0.2) is 0 Å². The fraction of sp³-hybridized carbons (Fsp3) is 0.526. The fourth-order valence-electron chi connectivity index (χ4n) is 3.56. The van der Waals surface area contributed by atoms with E-state index in [9.17, 15) is 14.4 Å². The van der Waals surface area contributed by atoms with E-state index in [1.807, 2.05) is 38.1 Å². The first-order valence-corrected chi connectivity index (χ1v) is 8.88. The number of likely N-dealkylation sites (tertiary alicyclic amines) is 1. The van der Waals surface area contributed by atoms with Crippen LogP contribution in [0.25, 0.3) is 0 Å². The molecule has 1 aromatic rings. The third-order valence-electron chi connectivity index (χ3n) is 5.60. The van der Waals surface area contributed by atoms with E-state index >= 15 is 0 Å². The summed E-state index contributed by atoms with van der Waals surface area (Å²) in [4.78, 5) is 40.6. The number of benzene rings is 1. The van der Waals surface area contributed by atoms with Crippen molar-refractivity contribution in [3.05, 3.63) is 35.4 Å². The van der Waals surface area contributed by atoms with Crippen molar-refractivity contribution >= 4 is 17.8 Å². The van der Waals surface area contributed by atoms with Crippen molar-refractivity contribution < 1.29 is 14.4 Å². The second-order valence-electron chi connectivity index (χ2n) is 7.89. The lowest BCUT2D eigenvalue weighted by Crippen LogP contribution is -2.44. The Labute approximate surface area is 153 Å². The third kappa shape index (κ3) is 3.07. The lowest BCUT2D eigenvalue weighted by Gasteiger charge is -2.24. The van der Waals surface area contributed by atoms with E-state index in [0.717, 1.165) is 16.9 Å². The quantitative estimate of drug-likeness (QED) is 0.784. The molecule has 0 aliphatic carbocycles. The van der Waals surface area contributed by atoms with Crippen molar-refractivity contribution in [2.75, 3.05) is 26.2 Å². The first-order valence-electron chi connectivity index (χ1n) is 8.88. The summed E-state index contributed by atoms with van der Waals surface area (Å²) in [5.41, 5.74) is 6.31. The SMILES string of the molecule is Cc1ccc(C2(C)NC(=O)N(CC(=O)N3CCC(C)(CN)C3)C2=O)cc1. The number of urea groups is 1. The van der Waals surface area contributed by atoms with E-state index < -0.39 is 17.5 Å². The molecule has 2 atom stereocenters. The number of nitrogens with zero attached hydrogens (tertiary/aromatic N) is 2. The smallest absolute Gasteiger partial charge is 0.325 e. The Hall–Kier alpha value is -2.41. The second kappa shape index (κ2) is 6.39. The zero-order chi connectivity index (χ0) is 19.1. The molecule has 0 bridgehead atoms. The Morgan fingerprint density at radius 3 is 2.46 bits per heavy atom. The highest BCUT2D eigenvalue weighted by molar-refractivity contribution is 6.09. The molecule has 2 aliphatic rings. The van der Waals surface area contributed by atoms with E-state index in [1.54, 1.807) is 11.8 Å². The number of hydrogen-bond acceptors (Lipinski definition) is 4. The number of imide groups is 1. The summed E-state index contributed by atoms with van der Waals surface area (Å²) in [5.74, 6) is -0.626. The maximum Gasteiger partial charge on any atom is 0.325 e. The van der Waals surface area contributed by atoms with Crippen molar-refractivity contribution in [2.45, 2.75) is 32.7 Å². The monoisotopic (exact) mass is 358 g/mol. The summed E-state index contributed by atoms with van der Waals surface area (Å²) in [6, 6.07) is 6.90. The van der Waals surface area contributed by atoms with Gasteiger partial charge in [-0.15, -0.1) is 0 Å². The van der Waals surface area contributed by atoms with Gasteiger partial charge < -0.3 is 16.0 Å². The Bertz CT molecular complexity index is 748. The van der Waals surface area contributed by atoms with Gasteiger partial charge in [0.25, 0.3) is 5.91 Å². The van der Waals surface area contributed by atoms with Gasteiger partial charge in [0.1, 0.15) is 12.1 Å². The largest absolute Gasteiger partial charge is 0.341 e. The summed E-state index contributed by atoms with van der Waals surface area (Å²) < 4.78 is 0. The van der Waals surface area contributed by atoms with Crippen LogP contribution < -0.4 is 11.1 Å². The van der Waals surface area contributed by atoms with Crippen LogP contribution in [-0.2, 0) is 15.1 Å². The van der Waals surface area contributed by atoms with Crippen LogP contribution in [0.3, 0.4) is 0 Å². The summed E-state index contributed by atoms with van der Waals surface area (Å²) in [6.45, 7) is 7.09. The fourth-order valence-corrected chi connectivity index (χ4v) is 3.56. The van der Waals surface area contributed by atoms with Gasteiger partial charge in [0.05, 0.1) is 0 Å². The maximum atomic E-state index is 12.9. The number of carbonyl (C=O) groups excluding carboxylic acids is 3. The van der Waals surface area contributed by atoms with Gasteiger partial charge in [0, 0.05) is 13.1 Å². The van der Waals surface area contributed by atoms with Crippen LogP contribution in [-0.4, -0.2) is 53.8 Å². The van der Waals surface area contributed by atoms with E-state index in [1.165, 1.54) is 0 Å². The normalized spacial score (nSPS) is 28.6. The Kier molecular flexibility index (Phi) is 4.52. The van der Waals surface area contributed by atoms with Gasteiger partial charge in [-0.25, -0.2) is 4.79 Å². The molecule has 4 amide bonds. The van der Waals surface area contributed by atoms with Crippen LogP contribution in [0.4, 0.5) is 4.79 Å². The predicted octanol–water partition coefficient (Wildman–Crippen LogP) is 0.959. The minimum atomic E-state index is -1.15. The minimum Gasteiger partial charge on any atom is -0.341 e. The molecule has 1 aromatic carbocycles.